The fourth-order valence-corrected chi connectivity index (χ4v) is 4.63. The summed E-state index contributed by atoms with van der Waals surface area (Å²) in [6.45, 7) is 2.59. The summed E-state index contributed by atoms with van der Waals surface area (Å²) in [5.74, 6) is -0.142. The quantitative estimate of drug-likeness (QED) is 0.773. The van der Waals surface area contributed by atoms with Gasteiger partial charge in [-0.05, 0) is 48.6 Å². The number of carbonyl (C=O) groups is 1. The van der Waals surface area contributed by atoms with Crippen molar-refractivity contribution >= 4 is 6.03 Å². The van der Waals surface area contributed by atoms with E-state index in [-0.39, 0.29) is 17.9 Å². The Morgan fingerprint density at radius 2 is 1.85 bits per heavy atom. The number of hydrogen-bond acceptors (Lipinski definition) is 1. The molecule has 27 heavy (non-hydrogen) atoms. The normalized spacial score (nSPS) is 22.8. The number of benzene rings is 2. The van der Waals surface area contributed by atoms with Crippen molar-refractivity contribution in [3.63, 3.8) is 0 Å². The summed E-state index contributed by atoms with van der Waals surface area (Å²) in [6.07, 6.45) is 5.14. The maximum atomic E-state index is 15.3. The third-order valence-electron chi connectivity index (χ3n) is 6.56. The Labute approximate surface area is 159 Å². The van der Waals surface area contributed by atoms with E-state index in [0.717, 1.165) is 43.6 Å². The van der Waals surface area contributed by atoms with Crippen LogP contribution in [0.4, 0.5) is 9.18 Å². The number of urea groups is 1. The standard InChI is InChI=1S/C23H25FN2O/c24-21-18(8-4-9-20(21)17-6-2-1-3-7-17)14-19-15-23(10-11-23)16-26(19)22(27)25-12-5-13-25/h1-4,6-9,19H,5,10-16H2/t19-/m0/s1. The number of nitrogens with zero attached hydrogens (tertiary/aromatic N) is 2. The van der Waals surface area contributed by atoms with Crippen molar-refractivity contribution in [2.45, 2.75) is 38.1 Å². The van der Waals surface area contributed by atoms with Crippen LogP contribution in [0.5, 0.6) is 0 Å². The average Bonchev–Trinajstić information content (AvgIpc) is 3.29. The zero-order valence-corrected chi connectivity index (χ0v) is 15.5. The predicted molar refractivity (Wildman–Crippen MR) is 104 cm³/mol. The fourth-order valence-electron chi connectivity index (χ4n) is 4.63. The number of amides is 2. The SMILES string of the molecule is O=C(N1CCC1)N1CC2(CC2)C[C@@H]1Cc1cccc(-c2ccccc2)c1F. The van der Waals surface area contributed by atoms with Gasteiger partial charge in [-0.3, -0.25) is 0 Å². The first-order chi connectivity index (χ1) is 13.2. The summed E-state index contributed by atoms with van der Waals surface area (Å²) in [4.78, 5) is 16.9. The lowest BCUT2D eigenvalue weighted by Crippen LogP contribution is -2.51. The van der Waals surface area contributed by atoms with E-state index in [9.17, 15) is 4.79 Å². The highest BCUT2D eigenvalue weighted by Gasteiger charge is 2.53. The molecule has 1 atom stereocenters. The van der Waals surface area contributed by atoms with Gasteiger partial charge >= 0.3 is 6.03 Å². The minimum atomic E-state index is -0.142. The largest absolute Gasteiger partial charge is 0.325 e. The van der Waals surface area contributed by atoms with Crippen LogP contribution in [-0.4, -0.2) is 41.5 Å². The molecule has 1 spiro atoms. The van der Waals surface area contributed by atoms with E-state index in [0.29, 0.717) is 17.4 Å². The summed E-state index contributed by atoms with van der Waals surface area (Å²) < 4.78 is 15.3. The van der Waals surface area contributed by atoms with Crippen molar-refractivity contribution in [1.82, 2.24) is 9.80 Å². The lowest BCUT2D eigenvalue weighted by atomic mass is 9.95. The maximum Gasteiger partial charge on any atom is 0.320 e. The summed E-state index contributed by atoms with van der Waals surface area (Å²) in [5, 5.41) is 0. The summed E-state index contributed by atoms with van der Waals surface area (Å²) in [7, 11) is 0. The second-order valence-electron chi connectivity index (χ2n) is 8.46. The number of halogens is 1. The molecule has 3 nitrogen and oxygen atoms in total. The second kappa shape index (κ2) is 6.36. The number of hydrogen-bond donors (Lipinski definition) is 0. The number of carbonyl (C=O) groups excluding carboxylic acids is 1. The van der Waals surface area contributed by atoms with Crippen LogP contribution in [0.3, 0.4) is 0 Å². The van der Waals surface area contributed by atoms with Gasteiger partial charge in [0.05, 0.1) is 0 Å². The Morgan fingerprint density at radius 3 is 2.52 bits per heavy atom. The Bertz CT molecular complexity index is 858. The van der Waals surface area contributed by atoms with E-state index in [2.05, 4.69) is 0 Å². The Kier molecular flexibility index (Phi) is 3.96. The molecular weight excluding hydrogens is 339 g/mol. The number of rotatable bonds is 3. The van der Waals surface area contributed by atoms with Gasteiger partial charge in [0.15, 0.2) is 0 Å². The average molecular weight is 364 g/mol. The molecule has 0 unspecified atom stereocenters. The van der Waals surface area contributed by atoms with E-state index in [4.69, 9.17) is 0 Å². The van der Waals surface area contributed by atoms with E-state index in [1.165, 1.54) is 12.8 Å². The molecular formula is C23H25FN2O. The molecule has 0 bridgehead atoms. The van der Waals surface area contributed by atoms with E-state index in [1.54, 1.807) is 0 Å². The van der Waals surface area contributed by atoms with Crippen LogP contribution >= 0.6 is 0 Å². The third-order valence-corrected chi connectivity index (χ3v) is 6.56. The molecule has 4 heteroatoms. The molecule has 2 aliphatic heterocycles. The lowest BCUT2D eigenvalue weighted by Gasteiger charge is -2.37. The lowest BCUT2D eigenvalue weighted by molar-refractivity contribution is 0.121. The molecule has 5 rings (SSSR count). The second-order valence-corrected chi connectivity index (χ2v) is 8.46. The molecule has 2 amide bonds. The minimum Gasteiger partial charge on any atom is -0.325 e. The highest BCUT2D eigenvalue weighted by molar-refractivity contribution is 5.76. The Balaban J connectivity index is 1.41. The van der Waals surface area contributed by atoms with E-state index < -0.39 is 0 Å². The van der Waals surface area contributed by atoms with Gasteiger partial charge in [-0.15, -0.1) is 0 Å². The molecule has 2 aromatic rings. The van der Waals surface area contributed by atoms with Crippen molar-refractivity contribution in [2.24, 2.45) is 5.41 Å². The molecule has 2 heterocycles. The molecule has 140 valence electrons. The van der Waals surface area contributed by atoms with E-state index >= 15 is 4.39 Å². The van der Waals surface area contributed by atoms with Gasteiger partial charge in [0.1, 0.15) is 5.82 Å². The molecule has 3 fully saturated rings. The van der Waals surface area contributed by atoms with Gasteiger partial charge in [-0.2, -0.15) is 0 Å². The fraction of sp³-hybridized carbons (Fsp3) is 0.435. The smallest absolute Gasteiger partial charge is 0.320 e. The molecule has 1 aliphatic carbocycles. The van der Waals surface area contributed by atoms with Crippen molar-refractivity contribution in [3.8, 4) is 11.1 Å². The molecule has 2 saturated heterocycles. The monoisotopic (exact) mass is 364 g/mol. The van der Waals surface area contributed by atoms with Crippen molar-refractivity contribution in [3.05, 3.63) is 59.9 Å². The molecule has 0 aromatic heterocycles. The Hall–Kier alpha value is -2.36. The van der Waals surface area contributed by atoms with Crippen LogP contribution < -0.4 is 0 Å². The predicted octanol–water partition coefficient (Wildman–Crippen LogP) is 4.72. The van der Waals surface area contributed by atoms with Crippen LogP contribution in [-0.2, 0) is 6.42 Å². The van der Waals surface area contributed by atoms with Crippen LogP contribution in [0.1, 0.15) is 31.2 Å². The summed E-state index contributed by atoms with van der Waals surface area (Å²) >= 11 is 0. The Morgan fingerprint density at radius 1 is 1.07 bits per heavy atom. The van der Waals surface area contributed by atoms with Crippen LogP contribution in [0.2, 0.25) is 0 Å². The van der Waals surface area contributed by atoms with Gasteiger partial charge < -0.3 is 9.80 Å². The van der Waals surface area contributed by atoms with Crippen molar-refractivity contribution in [1.29, 1.82) is 0 Å². The zero-order chi connectivity index (χ0) is 18.4. The van der Waals surface area contributed by atoms with Gasteiger partial charge in [0.25, 0.3) is 0 Å². The molecule has 0 N–H and O–H groups in total. The van der Waals surface area contributed by atoms with Gasteiger partial charge in [-0.25, -0.2) is 9.18 Å². The van der Waals surface area contributed by atoms with Crippen molar-refractivity contribution < 1.29 is 9.18 Å². The summed E-state index contributed by atoms with van der Waals surface area (Å²) in [6, 6.07) is 15.6. The van der Waals surface area contributed by atoms with Gasteiger partial charge in [-0.1, -0.05) is 48.5 Å². The first kappa shape index (κ1) is 16.8. The van der Waals surface area contributed by atoms with Crippen molar-refractivity contribution in [2.75, 3.05) is 19.6 Å². The molecule has 1 saturated carbocycles. The highest BCUT2D eigenvalue weighted by Crippen LogP contribution is 2.55. The van der Waals surface area contributed by atoms with E-state index in [1.807, 2.05) is 58.3 Å². The third kappa shape index (κ3) is 3.01. The van der Waals surface area contributed by atoms with Gasteiger partial charge in [0, 0.05) is 31.2 Å². The topological polar surface area (TPSA) is 23.6 Å². The first-order valence-corrected chi connectivity index (χ1v) is 10.0. The summed E-state index contributed by atoms with van der Waals surface area (Å²) in [5.41, 5.74) is 2.59. The molecule has 2 aromatic carbocycles. The minimum absolute atomic E-state index is 0.112. The van der Waals surface area contributed by atoms with Crippen LogP contribution in [0.15, 0.2) is 48.5 Å². The molecule has 0 radical (unpaired) electrons. The van der Waals surface area contributed by atoms with Crippen LogP contribution in [0, 0.1) is 11.2 Å². The maximum absolute atomic E-state index is 15.3. The van der Waals surface area contributed by atoms with Gasteiger partial charge in [0.2, 0.25) is 0 Å². The zero-order valence-electron chi connectivity index (χ0n) is 15.5. The first-order valence-electron chi connectivity index (χ1n) is 10.0. The van der Waals surface area contributed by atoms with Crippen LogP contribution in [0.25, 0.3) is 11.1 Å². The molecule has 3 aliphatic rings. The number of likely N-dealkylation sites (tertiary alicyclic amines) is 2. The highest BCUT2D eigenvalue weighted by atomic mass is 19.1.